The summed E-state index contributed by atoms with van der Waals surface area (Å²) in [6.45, 7) is 0.459. The lowest BCUT2D eigenvalue weighted by atomic mass is 10.3. The predicted molar refractivity (Wildman–Crippen MR) is 74.2 cm³/mol. The Morgan fingerprint density at radius 2 is 2.20 bits per heavy atom. The molecular formula is C12H18N6OS. The van der Waals surface area contributed by atoms with Gasteiger partial charge in [-0.25, -0.2) is 4.68 Å². The number of thioether (sulfide) groups is 1. The summed E-state index contributed by atoms with van der Waals surface area (Å²) in [4.78, 5) is 0. The van der Waals surface area contributed by atoms with Crippen LogP contribution >= 0.6 is 11.8 Å². The van der Waals surface area contributed by atoms with E-state index in [0.29, 0.717) is 12.6 Å². The normalized spacial score (nSPS) is 16.1. The first-order valence-corrected chi connectivity index (χ1v) is 7.89. The van der Waals surface area contributed by atoms with E-state index in [1.807, 2.05) is 0 Å². The Morgan fingerprint density at radius 1 is 1.35 bits per heavy atom. The lowest BCUT2D eigenvalue weighted by molar-refractivity contribution is 0.262. The second kappa shape index (κ2) is 6.36. The van der Waals surface area contributed by atoms with Gasteiger partial charge >= 0.3 is 0 Å². The number of rotatable bonds is 6. The molecular weight excluding hydrogens is 276 g/mol. The first-order valence-electron chi connectivity index (χ1n) is 6.90. The molecule has 1 fully saturated rings. The second-order valence-electron chi connectivity index (χ2n) is 4.92. The maximum absolute atomic E-state index is 8.93. The molecule has 0 bridgehead atoms. The van der Waals surface area contributed by atoms with Crippen LogP contribution in [0.15, 0.2) is 17.4 Å². The van der Waals surface area contributed by atoms with Crippen LogP contribution in [0.5, 0.6) is 0 Å². The number of aliphatic hydroxyl groups is 1. The highest BCUT2D eigenvalue weighted by atomic mass is 32.2. The molecule has 2 aromatic rings. The third kappa shape index (κ3) is 3.01. The Hall–Kier alpha value is -1.41. The first kappa shape index (κ1) is 13.6. The number of aromatic nitrogens is 6. The summed E-state index contributed by atoms with van der Waals surface area (Å²) < 4.78 is 3.71. The van der Waals surface area contributed by atoms with Crippen LogP contribution in [0.2, 0.25) is 0 Å². The minimum absolute atomic E-state index is 0.0366. The SMILES string of the molecule is OCCn1nnnc1SCc1ccn(C2CCCC2)n1. The van der Waals surface area contributed by atoms with Crippen LogP contribution in [-0.2, 0) is 12.3 Å². The fourth-order valence-corrected chi connectivity index (χ4v) is 3.30. The van der Waals surface area contributed by atoms with E-state index in [-0.39, 0.29) is 6.61 Å². The van der Waals surface area contributed by atoms with Gasteiger partial charge < -0.3 is 5.11 Å². The summed E-state index contributed by atoms with van der Waals surface area (Å²) in [5.74, 6) is 0.742. The van der Waals surface area contributed by atoms with Gasteiger partial charge in [0.25, 0.3) is 0 Å². The minimum Gasteiger partial charge on any atom is -0.394 e. The topological polar surface area (TPSA) is 81.6 Å². The molecule has 0 saturated heterocycles. The smallest absolute Gasteiger partial charge is 0.209 e. The third-order valence-corrected chi connectivity index (χ3v) is 4.51. The molecule has 20 heavy (non-hydrogen) atoms. The van der Waals surface area contributed by atoms with Gasteiger partial charge in [-0.05, 0) is 29.3 Å². The zero-order valence-corrected chi connectivity index (χ0v) is 12.0. The number of aliphatic hydroxyl groups excluding tert-OH is 1. The molecule has 1 aliphatic rings. The first-order chi connectivity index (χ1) is 9.86. The molecule has 1 saturated carbocycles. The highest BCUT2D eigenvalue weighted by Crippen LogP contribution is 2.29. The highest BCUT2D eigenvalue weighted by Gasteiger charge is 2.17. The van der Waals surface area contributed by atoms with Crippen molar-refractivity contribution >= 4 is 11.8 Å². The number of nitrogens with zero attached hydrogens (tertiary/aromatic N) is 6. The van der Waals surface area contributed by atoms with Gasteiger partial charge in [-0.2, -0.15) is 5.10 Å². The number of tetrazole rings is 1. The maximum atomic E-state index is 8.93. The molecule has 7 nitrogen and oxygen atoms in total. The van der Waals surface area contributed by atoms with E-state index >= 15 is 0 Å². The Labute approximate surface area is 121 Å². The Kier molecular flexibility index (Phi) is 4.31. The summed E-state index contributed by atoms with van der Waals surface area (Å²) in [5, 5.41) is 25.7. The van der Waals surface area contributed by atoms with Crippen molar-refractivity contribution in [2.24, 2.45) is 0 Å². The fourth-order valence-electron chi connectivity index (χ4n) is 2.50. The number of hydrogen-bond donors (Lipinski definition) is 1. The average Bonchev–Trinajstić information content (AvgIpc) is 3.18. The summed E-state index contributed by atoms with van der Waals surface area (Å²) in [6.07, 6.45) is 7.17. The van der Waals surface area contributed by atoms with Gasteiger partial charge in [0.1, 0.15) is 0 Å². The fraction of sp³-hybridized carbons (Fsp3) is 0.667. The van der Waals surface area contributed by atoms with Gasteiger partial charge in [-0.1, -0.05) is 24.6 Å². The standard InChI is InChI=1S/C12H18N6OS/c19-8-7-18-12(13-15-16-18)20-9-10-5-6-17(14-10)11-3-1-2-4-11/h5-6,11,19H,1-4,7-9H2. The van der Waals surface area contributed by atoms with E-state index in [2.05, 4.69) is 37.6 Å². The zero-order valence-electron chi connectivity index (χ0n) is 11.2. The predicted octanol–water partition coefficient (Wildman–Crippen LogP) is 1.27. The van der Waals surface area contributed by atoms with Crippen molar-refractivity contribution in [3.05, 3.63) is 18.0 Å². The van der Waals surface area contributed by atoms with E-state index in [1.165, 1.54) is 25.7 Å². The van der Waals surface area contributed by atoms with E-state index in [0.717, 1.165) is 16.6 Å². The lowest BCUT2D eigenvalue weighted by Gasteiger charge is -2.08. The van der Waals surface area contributed by atoms with Crippen LogP contribution in [0.4, 0.5) is 0 Å². The number of hydrogen-bond acceptors (Lipinski definition) is 6. The van der Waals surface area contributed by atoms with E-state index in [9.17, 15) is 0 Å². The van der Waals surface area contributed by atoms with E-state index in [1.54, 1.807) is 16.4 Å². The van der Waals surface area contributed by atoms with Crippen molar-refractivity contribution in [3.63, 3.8) is 0 Å². The van der Waals surface area contributed by atoms with Crippen molar-refractivity contribution in [1.82, 2.24) is 30.0 Å². The van der Waals surface area contributed by atoms with Crippen molar-refractivity contribution in [1.29, 1.82) is 0 Å². The molecule has 0 atom stereocenters. The van der Waals surface area contributed by atoms with Crippen molar-refractivity contribution in [2.45, 2.75) is 49.2 Å². The Balaban J connectivity index is 1.59. The molecule has 2 aromatic heterocycles. The van der Waals surface area contributed by atoms with Gasteiger partial charge in [0, 0.05) is 11.9 Å². The molecule has 1 aliphatic carbocycles. The molecule has 0 amide bonds. The molecule has 0 unspecified atom stereocenters. The molecule has 8 heteroatoms. The van der Waals surface area contributed by atoms with Crippen molar-refractivity contribution in [3.8, 4) is 0 Å². The van der Waals surface area contributed by atoms with Crippen molar-refractivity contribution in [2.75, 3.05) is 6.61 Å². The Bertz CT molecular complexity index is 548. The van der Waals surface area contributed by atoms with Crippen LogP contribution in [-0.4, -0.2) is 41.7 Å². The van der Waals surface area contributed by atoms with Crippen LogP contribution in [0.1, 0.15) is 37.4 Å². The zero-order chi connectivity index (χ0) is 13.8. The van der Waals surface area contributed by atoms with Crippen LogP contribution in [0.25, 0.3) is 0 Å². The van der Waals surface area contributed by atoms with Crippen molar-refractivity contribution < 1.29 is 5.11 Å². The maximum Gasteiger partial charge on any atom is 0.209 e. The van der Waals surface area contributed by atoms with Crippen LogP contribution in [0, 0.1) is 0 Å². The van der Waals surface area contributed by atoms with E-state index in [4.69, 9.17) is 5.11 Å². The second-order valence-corrected chi connectivity index (χ2v) is 5.86. The summed E-state index contributed by atoms with van der Waals surface area (Å²) in [6, 6.07) is 2.64. The monoisotopic (exact) mass is 294 g/mol. The largest absolute Gasteiger partial charge is 0.394 e. The molecule has 108 valence electrons. The van der Waals surface area contributed by atoms with Gasteiger partial charge in [0.2, 0.25) is 5.16 Å². The summed E-state index contributed by atoms with van der Waals surface area (Å²) >= 11 is 1.54. The lowest BCUT2D eigenvalue weighted by Crippen LogP contribution is -2.06. The van der Waals surface area contributed by atoms with E-state index < -0.39 is 0 Å². The highest BCUT2D eigenvalue weighted by molar-refractivity contribution is 7.98. The average molecular weight is 294 g/mol. The molecule has 0 aliphatic heterocycles. The molecule has 0 aromatic carbocycles. The van der Waals surface area contributed by atoms with Crippen LogP contribution in [0.3, 0.4) is 0 Å². The summed E-state index contributed by atoms with van der Waals surface area (Å²) in [7, 11) is 0. The van der Waals surface area contributed by atoms with Crippen LogP contribution < -0.4 is 0 Å². The molecule has 3 rings (SSSR count). The quantitative estimate of drug-likeness (QED) is 0.808. The Morgan fingerprint density at radius 3 is 3.00 bits per heavy atom. The van der Waals surface area contributed by atoms with Gasteiger partial charge in [-0.15, -0.1) is 5.10 Å². The molecule has 2 heterocycles. The van der Waals surface area contributed by atoms with Gasteiger partial charge in [0.15, 0.2) is 0 Å². The third-order valence-electron chi connectivity index (χ3n) is 3.52. The molecule has 0 spiro atoms. The molecule has 1 N–H and O–H groups in total. The minimum atomic E-state index is 0.0366. The van der Waals surface area contributed by atoms with Gasteiger partial charge in [-0.3, -0.25) is 4.68 Å². The van der Waals surface area contributed by atoms with Gasteiger partial charge in [0.05, 0.1) is 24.9 Å². The molecule has 0 radical (unpaired) electrons. The summed E-state index contributed by atoms with van der Waals surface area (Å²) in [5.41, 5.74) is 1.04.